The fraction of sp³-hybridized carbons (Fsp3) is 0.0435. The molecule has 1 N–H and O–H groups in total. The number of hydrogen-bond donors (Lipinski definition) is 1. The zero-order valence-electron chi connectivity index (χ0n) is 15.7. The summed E-state index contributed by atoms with van der Waals surface area (Å²) in [6, 6.07) is 21.2. The van der Waals surface area contributed by atoms with Gasteiger partial charge in [0.2, 0.25) is 0 Å². The molecule has 0 spiro atoms. The second-order valence-electron chi connectivity index (χ2n) is 6.10. The van der Waals surface area contributed by atoms with E-state index in [4.69, 9.17) is 32.7 Å². The largest absolute Gasteiger partial charge is 0.457 e. The van der Waals surface area contributed by atoms with E-state index < -0.39 is 18.5 Å². The van der Waals surface area contributed by atoms with Crippen LogP contribution in [0.2, 0.25) is 10.0 Å². The van der Waals surface area contributed by atoms with E-state index in [9.17, 15) is 9.59 Å². The Hall–Kier alpha value is -3.28. The second kappa shape index (κ2) is 10.5. The van der Waals surface area contributed by atoms with Crippen molar-refractivity contribution < 1.29 is 19.1 Å². The maximum Gasteiger partial charge on any atom is 0.331 e. The van der Waals surface area contributed by atoms with E-state index in [2.05, 4.69) is 5.32 Å². The van der Waals surface area contributed by atoms with Gasteiger partial charge in [0, 0.05) is 11.8 Å². The summed E-state index contributed by atoms with van der Waals surface area (Å²) < 4.78 is 10.6. The molecule has 0 atom stereocenters. The van der Waals surface area contributed by atoms with Crippen LogP contribution in [0.5, 0.6) is 11.5 Å². The van der Waals surface area contributed by atoms with Crippen LogP contribution in [0, 0.1) is 0 Å². The molecule has 0 bridgehead atoms. The lowest BCUT2D eigenvalue weighted by atomic mass is 10.2. The SMILES string of the molecule is O=C(COC(=O)/C=C/c1ccc(Cl)c(Cl)c1)Nc1ccc(Oc2ccccc2)cc1. The number of benzene rings is 3. The number of nitrogens with one attached hydrogen (secondary N) is 1. The van der Waals surface area contributed by atoms with Crippen molar-refractivity contribution in [3.8, 4) is 11.5 Å². The van der Waals surface area contributed by atoms with Crippen molar-refractivity contribution in [1.29, 1.82) is 0 Å². The number of amides is 1. The number of carbonyl (C=O) groups excluding carboxylic acids is 2. The molecule has 0 radical (unpaired) electrons. The van der Waals surface area contributed by atoms with Crippen molar-refractivity contribution >= 4 is 46.8 Å². The summed E-state index contributed by atoms with van der Waals surface area (Å²) >= 11 is 11.8. The minimum Gasteiger partial charge on any atom is -0.457 e. The molecule has 0 heterocycles. The Labute approximate surface area is 183 Å². The molecule has 0 fully saturated rings. The lowest BCUT2D eigenvalue weighted by molar-refractivity contribution is -0.142. The van der Waals surface area contributed by atoms with E-state index in [1.54, 1.807) is 42.5 Å². The highest BCUT2D eigenvalue weighted by atomic mass is 35.5. The average Bonchev–Trinajstić information content (AvgIpc) is 2.75. The molecular formula is C23H17Cl2NO4. The first kappa shape index (κ1) is 21.4. The highest BCUT2D eigenvalue weighted by Crippen LogP contribution is 2.23. The van der Waals surface area contributed by atoms with Crippen LogP contribution in [0.1, 0.15) is 5.56 Å². The summed E-state index contributed by atoms with van der Waals surface area (Å²) in [4.78, 5) is 23.8. The first-order valence-corrected chi connectivity index (χ1v) is 9.68. The van der Waals surface area contributed by atoms with Crippen molar-refractivity contribution in [2.75, 3.05) is 11.9 Å². The van der Waals surface area contributed by atoms with Crippen molar-refractivity contribution in [2.45, 2.75) is 0 Å². The Bertz CT molecular complexity index is 1050. The van der Waals surface area contributed by atoms with Crippen LogP contribution in [0.15, 0.2) is 78.9 Å². The van der Waals surface area contributed by atoms with E-state index in [-0.39, 0.29) is 0 Å². The lowest BCUT2D eigenvalue weighted by Gasteiger charge is -2.08. The smallest absolute Gasteiger partial charge is 0.331 e. The standard InChI is InChI=1S/C23H17Cl2NO4/c24-20-12-6-16(14-21(20)25)7-13-23(28)29-15-22(27)26-17-8-10-19(11-9-17)30-18-4-2-1-3-5-18/h1-14H,15H2,(H,26,27)/b13-7+. The topological polar surface area (TPSA) is 64.6 Å². The summed E-state index contributed by atoms with van der Waals surface area (Å²) in [5.41, 5.74) is 1.24. The Balaban J connectivity index is 1.45. The molecule has 3 aromatic carbocycles. The van der Waals surface area contributed by atoms with Gasteiger partial charge in [0.15, 0.2) is 6.61 Å². The molecule has 0 aliphatic heterocycles. The third-order valence-corrected chi connectivity index (χ3v) is 4.56. The Morgan fingerprint density at radius 2 is 1.57 bits per heavy atom. The predicted molar refractivity (Wildman–Crippen MR) is 118 cm³/mol. The van der Waals surface area contributed by atoms with Gasteiger partial charge in [0.05, 0.1) is 10.0 Å². The number of esters is 1. The molecule has 0 aromatic heterocycles. The Morgan fingerprint density at radius 1 is 0.867 bits per heavy atom. The van der Waals surface area contributed by atoms with Crippen LogP contribution in [-0.4, -0.2) is 18.5 Å². The maximum absolute atomic E-state index is 12.0. The van der Waals surface area contributed by atoms with E-state index in [1.165, 1.54) is 12.2 Å². The first-order chi connectivity index (χ1) is 14.5. The van der Waals surface area contributed by atoms with Gasteiger partial charge in [0.1, 0.15) is 11.5 Å². The lowest BCUT2D eigenvalue weighted by Crippen LogP contribution is -2.20. The molecule has 0 aliphatic carbocycles. The molecule has 30 heavy (non-hydrogen) atoms. The summed E-state index contributed by atoms with van der Waals surface area (Å²) in [6.45, 7) is -0.410. The average molecular weight is 442 g/mol. The first-order valence-electron chi connectivity index (χ1n) is 8.92. The minimum atomic E-state index is -0.650. The molecule has 0 saturated carbocycles. The van der Waals surface area contributed by atoms with Gasteiger partial charge in [-0.3, -0.25) is 4.79 Å². The van der Waals surface area contributed by atoms with E-state index in [0.717, 1.165) is 5.75 Å². The number of hydrogen-bond acceptors (Lipinski definition) is 4. The van der Waals surface area contributed by atoms with Gasteiger partial charge in [-0.25, -0.2) is 4.79 Å². The third kappa shape index (κ3) is 6.65. The quantitative estimate of drug-likeness (QED) is 0.361. The van der Waals surface area contributed by atoms with Gasteiger partial charge in [-0.05, 0) is 60.2 Å². The summed E-state index contributed by atoms with van der Waals surface area (Å²) in [7, 11) is 0. The summed E-state index contributed by atoms with van der Waals surface area (Å²) in [5.74, 6) is 0.249. The highest BCUT2D eigenvalue weighted by molar-refractivity contribution is 6.42. The summed E-state index contributed by atoms with van der Waals surface area (Å²) in [6.07, 6.45) is 2.73. The fourth-order valence-electron chi connectivity index (χ4n) is 2.39. The summed E-state index contributed by atoms with van der Waals surface area (Å²) in [5, 5.41) is 3.45. The highest BCUT2D eigenvalue weighted by Gasteiger charge is 2.06. The zero-order chi connectivity index (χ0) is 21.3. The van der Waals surface area contributed by atoms with Crippen LogP contribution in [0.4, 0.5) is 5.69 Å². The number of para-hydroxylation sites is 1. The van der Waals surface area contributed by atoms with Crippen LogP contribution in [0.3, 0.4) is 0 Å². The van der Waals surface area contributed by atoms with Crippen molar-refractivity contribution in [3.05, 3.63) is 94.5 Å². The fourth-order valence-corrected chi connectivity index (χ4v) is 2.70. The molecule has 3 rings (SSSR count). The van der Waals surface area contributed by atoms with Gasteiger partial charge < -0.3 is 14.8 Å². The van der Waals surface area contributed by atoms with Crippen molar-refractivity contribution in [2.24, 2.45) is 0 Å². The van der Waals surface area contributed by atoms with Gasteiger partial charge in [-0.2, -0.15) is 0 Å². The molecular weight excluding hydrogens is 425 g/mol. The van der Waals surface area contributed by atoms with Crippen LogP contribution >= 0.6 is 23.2 Å². The molecule has 7 heteroatoms. The number of rotatable bonds is 7. The minimum absolute atomic E-state index is 0.381. The predicted octanol–water partition coefficient (Wildman–Crippen LogP) is 5.98. The van der Waals surface area contributed by atoms with Crippen molar-refractivity contribution in [1.82, 2.24) is 0 Å². The molecule has 3 aromatic rings. The van der Waals surface area contributed by atoms with E-state index in [1.807, 2.05) is 30.3 Å². The Morgan fingerprint density at radius 3 is 2.27 bits per heavy atom. The molecule has 0 unspecified atom stereocenters. The normalized spacial score (nSPS) is 10.6. The number of ether oxygens (including phenoxy) is 2. The molecule has 0 saturated heterocycles. The third-order valence-electron chi connectivity index (χ3n) is 3.82. The van der Waals surface area contributed by atoms with Crippen LogP contribution in [0.25, 0.3) is 6.08 Å². The van der Waals surface area contributed by atoms with Gasteiger partial charge in [-0.1, -0.05) is 47.5 Å². The van der Waals surface area contributed by atoms with Crippen LogP contribution in [-0.2, 0) is 14.3 Å². The zero-order valence-corrected chi connectivity index (χ0v) is 17.2. The molecule has 5 nitrogen and oxygen atoms in total. The van der Waals surface area contributed by atoms with E-state index >= 15 is 0 Å². The maximum atomic E-state index is 12.0. The van der Waals surface area contributed by atoms with Gasteiger partial charge >= 0.3 is 5.97 Å². The Kier molecular flexibility index (Phi) is 7.49. The van der Waals surface area contributed by atoms with Gasteiger partial charge in [0.25, 0.3) is 5.91 Å². The number of halogens is 2. The molecule has 0 aliphatic rings. The van der Waals surface area contributed by atoms with E-state index in [0.29, 0.717) is 27.0 Å². The number of anilines is 1. The van der Waals surface area contributed by atoms with Crippen molar-refractivity contribution in [3.63, 3.8) is 0 Å². The molecule has 1 amide bonds. The monoisotopic (exact) mass is 441 g/mol. The van der Waals surface area contributed by atoms with Gasteiger partial charge in [-0.15, -0.1) is 0 Å². The molecule has 152 valence electrons. The van der Waals surface area contributed by atoms with Crippen LogP contribution < -0.4 is 10.1 Å². The number of carbonyl (C=O) groups is 2. The second-order valence-corrected chi connectivity index (χ2v) is 6.92.